The molecule has 2 aromatic carbocycles. The van der Waals surface area contributed by atoms with Crippen molar-refractivity contribution in [2.24, 2.45) is 0 Å². The topological polar surface area (TPSA) is 113 Å². The van der Waals surface area contributed by atoms with E-state index >= 15 is 0 Å². The summed E-state index contributed by atoms with van der Waals surface area (Å²) in [6, 6.07) is 16.0. The van der Waals surface area contributed by atoms with Gasteiger partial charge in [-0.25, -0.2) is 9.78 Å². The molecular formula is C30H31N5O5S. The maximum absolute atomic E-state index is 13.6. The van der Waals surface area contributed by atoms with Crippen LogP contribution in [0.15, 0.2) is 65.8 Å². The Balaban J connectivity index is 1.21. The fourth-order valence-electron chi connectivity index (χ4n) is 5.65. The average molecular weight is 574 g/mol. The highest BCUT2D eigenvalue weighted by molar-refractivity contribution is 8.01. The van der Waals surface area contributed by atoms with Gasteiger partial charge in [-0.1, -0.05) is 30.0 Å². The Hall–Kier alpha value is -4.09. The van der Waals surface area contributed by atoms with Crippen molar-refractivity contribution in [2.45, 2.75) is 42.1 Å². The van der Waals surface area contributed by atoms with E-state index in [1.165, 1.54) is 18.9 Å². The van der Waals surface area contributed by atoms with Crippen LogP contribution in [0.3, 0.4) is 0 Å². The Morgan fingerprint density at radius 1 is 1.12 bits per heavy atom. The fourth-order valence-corrected chi connectivity index (χ4v) is 6.89. The van der Waals surface area contributed by atoms with Crippen LogP contribution in [0.1, 0.15) is 30.0 Å². The normalized spacial score (nSPS) is 21.2. The molecule has 0 aliphatic carbocycles. The summed E-state index contributed by atoms with van der Waals surface area (Å²) in [7, 11) is 1.49. The highest BCUT2D eigenvalue weighted by Crippen LogP contribution is 2.51. The lowest BCUT2D eigenvalue weighted by Crippen LogP contribution is -2.54. The van der Waals surface area contributed by atoms with Gasteiger partial charge in [0.15, 0.2) is 0 Å². The first-order valence-electron chi connectivity index (χ1n) is 13.6. The van der Waals surface area contributed by atoms with Gasteiger partial charge in [-0.2, -0.15) is 0 Å². The van der Waals surface area contributed by atoms with Crippen molar-refractivity contribution >= 4 is 41.0 Å². The number of ether oxygens (including phenoxy) is 2. The molecule has 0 radical (unpaired) electrons. The number of likely N-dealkylation sites (tertiary alicyclic amines) is 1. The average Bonchev–Trinajstić information content (AvgIpc) is 3.34. The number of carbonyl (C=O) groups is 3. The Bertz CT molecular complexity index is 1490. The van der Waals surface area contributed by atoms with E-state index in [1.807, 2.05) is 61.5 Å². The first kappa shape index (κ1) is 27.1. The number of nitrogens with one attached hydrogen (secondary N) is 2. The van der Waals surface area contributed by atoms with Gasteiger partial charge >= 0.3 is 6.03 Å². The Morgan fingerprint density at radius 2 is 1.95 bits per heavy atom. The first-order valence-corrected chi connectivity index (χ1v) is 14.5. The van der Waals surface area contributed by atoms with E-state index in [2.05, 4.69) is 15.6 Å². The van der Waals surface area contributed by atoms with E-state index < -0.39 is 11.3 Å². The van der Waals surface area contributed by atoms with Crippen molar-refractivity contribution in [3.05, 3.63) is 71.9 Å². The minimum absolute atomic E-state index is 0.0236. The second-order valence-electron chi connectivity index (χ2n) is 10.3. The molecule has 3 atom stereocenters. The van der Waals surface area contributed by atoms with Crippen molar-refractivity contribution in [3.63, 3.8) is 0 Å². The molecule has 11 heteroatoms. The molecule has 0 spiro atoms. The van der Waals surface area contributed by atoms with Gasteiger partial charge in [0.25, 0.3) is 0 Å². The number of carbonyl (C=O) groups excluding carboxylic acids is 3. The molecule has 4 heterocycles. The Kier molecular flexibility index (Phi) is 7.55. The third-order valence-corrected chi connectivity index (χ3v) is 8.83. The predicted octanol–water partition coefficient (Wildman–Crippen LogP) is 4.31. The molecule has 3 aliphatic rings. The molecule has 3 aromatic rings. The van der Waals surface area contributed by atoms with E-state index in [0.29, 0.717) is 24.5 Å². The summed E-state index contributed by atoms with van der Waals surface area (Å²) in [4.78, 5) is 47.3. The third kappa shape index (κ3) is 5.34. The van der Waals surface area contributed by atoms with Crippen LogP contribution < -0.4 is 20.3 Å². The van der Waals surface area contributed by atoms with Gasteiger partial charge < -0.3 is 25.0 Å². The second kappa shape index (κ2) is 11.4. The largest absolute Gasteiger partial charge is 0.457 e. The monoisotopic (exact) mass is 573 g/mol. The van der Waals surface area contributed by atoms with Gasteiger partial charge in [-0.05, 0) is 61.7 Å². The van der Waals surface area contributed by atoms with E-state index in [4.69, 9.17) is 9.47 Å². The molecule has 1 fully saturated rings. The van der Waals surface area contributed by atoms with Crippen molar-refractivity contribution in [3.8, 4) is 11.5 Å². The molecule has 10 nitrogen and oxygen atoms in total. The number of methoxy groups -OCH3 is 1. The van der Waals surface area contributed by atoms with Crippen LogP contribution in [0, 0.1) is 6.92 Å². The summed E-state index contributed by atoms with van der Waals surface area (Å²) < 4.78 is 11.0. The number of amides is 4. The molecule has 212 valence electrons. The zero-order valence-electron chi connectivity index (χ0n) is 22.8. The van der Waals surface area contributed by atoms with E-state index in [0.717, 1.165) is 40.4 Å². The maximum Gasteiger partial charge on any atom is 0.327 e. The van der Waals surface area contributed by atoms with Crippen molar-refractivity contribution in [2.75, 3.05) is 31.7 Å². The fraction of sp³-hybridized carbons (Fsp3) is 0.333. The summed E-state index contributed by atoms with van der Waals surface area (Å²) in [5.41, 5.74) is 3.13. The maximum atomic E-state index is 13.6. The summed E-state index contributed by atoms with van der Waals surface area (Å²) in [5.74, 6) is 1.14. The lowest BCUT2D eigenvalue weighted by molar-refractivity contribution is -0.137. The zero-order chi connectivity index (χ0) is 28.5. The number of rotatable bonds is 7. The Morgan fingerprint density at radius 3 is 2.73 bits per heavy atom. The minimum Gasteiger partial charge on any atom is -0.457 e. The molecule has 6 rings (SSSR count). The molecule has 2 N–H and O–H groups in total. The third-order valence-electron chi connectivity index (χ3n) is 7.54. The van der Waals surface area contributed by atoms with Gasteiger partial charge in [0.05, 0.1) is 17.4 Å². The smallest absolute Gasteiger partial charge is 0.327 e. The molecule has 3 aliphatic heterocycles. The van der Waals surface area contributed by atoms with Gasteiger partial charge in [-0.3, -0.25) is 14.5 Å². The van der Waals surface area contributed by atoms with Crippen LogP contribution >= 0.6 is 11.8 Å². The standard InChI is InChI=1S/C30H31N5O5S/c1-18-15-21(40-20-8-4-3-5-9-20)10-11-22(18)35-23-12-13-31-29-25(23)26(33-30(35)38)27(41-29)28(37)32-19-7-6-14-34(16-19)24(36)17-39-2/h3-5,8-13,15,19,26-27H,6-7,14,16-17H2,1-2H3,(H,32,37)(H,33,38)/t19?,26?,27-/m1/s1. The van der Waals surface area contributed by atoms with Crippen LogP contribution in [0.4, 0.5) is 16.2 Å². The Labute approximate surface area is 242 Å². The lowest BCUT2D eigenvalue weighted by atomic mass is 9.98. The summed E-state index contributed by atoms with van der Waals surface area (Å²) in [6.45, 7) is 3.05. The van der Waals surface area contributed by atoms with Crippen LogP contribution in [-0.2, 0) is 14.3 Å². The molecule has 2 unspecified atom stereocenters. The minimum atomic E-state index is -0.572. The van der Waals surface area contributed by atoms with Crippen LogP contribution in [-0.4, -0.2) is 65.8 Å². The number of aromatic nitrogens is 1. The number of benzene rings is 2. The van der Waals surface area contributed by atoms with Gasteiger partial charge in [-0.15, -0.1) is 0 Å². The van der Waals surface area contributed by atoms with Gasteiger partial charge in [0.1, 0.15) is 28.4 Å². The summed E-state index contributed by atoms with van der Waals surface area (Å²) >= 11 is 1.36. The number of anilines is 2. The predicted molar refractivity (Wildman–Crippen MR) is 155 cm³/mol. The van der Waals surface area contributed by atoms with Crippen LogP contribution in [0.5, 0.6) is 11.5 Å². The number of nitrogens with zero attached hydrogens (tertiary/aromatic N) is 3. The number of urea groups is 1. The molecule has 4 amide bonds. The first-order chi connectivity index (χ1) is 19.9. The molecule has 1 aromatic heterocycles. The number of hydrogen-bond donors (Lipinski definition) is 2. The quantitative estimate of drug-likeness (QED) is 0.433. The number of hydrogen-bond acceptors (Lipinski definition) is 7. The second-order valence-corrected chi connectivity index (χ2v) is 11.5. The van der Waals surface area contributed by atoms with Crippen molar-refractivity contribution < 1.29 is 23.9 Å². The number of pyridine rings is 1. The number of aryl methyl sites for hydroxylation is 1. The SMILES string of the molecule is COCC(=O)N1CCCC(NC(=O)[C@@H]2Sc3nccc4c3C2NC(=O)N4c2ccc(Oc3ccccc3)cc2C)C1. The molecule has 1 saturated heterocycles. The summed E-state index contributed by atoms with van der Waals surface area (Å²) in [6.07, 6.45) is 3.25. The van der Waals surface area contributed by atoms with E-state index in [-0.39, 0.29) is 30.5 Å². The van der Waals surface area contributed by atoms with Crippen LogP contribution in [0.25, 0.3) is 0 Å². The van der Waals surface area contributed by atoms with E-state index in [1.54, 1.807) is 16.0 Å². The molecule has 41 heavy (non-hydrogen) atoms. The van der Waals surface area contributed by atoms with Crippen molar-refractivity contribution in [1.82, 2.24) is 20.5 Å². The van der Waals surface area contributed by atoms with Gasteiger partial charge in [0, 0.05) is 38.0 Å². The number of thioether (sulfide) groups is 1. The van der Waals surface area contributed by atoms with Gasteiger partial charge in [0.2, 0.25) is 11.8 Å². The highest BCUT2D eigenvalue weighted by Gasteiger charge is 2.47. The van der Waals surface area contributed by atoms with Crippen LogP contribution in [0.2, 0.25) is 0 Å². The van der Waals surface area contributed by atoms with E-state index in [9.17, 15) is 14.4 Å². The highest BCUT2D eigenvalue weighted by atomic mass is 32.2. The molecular weight excluding hydrogens is 542 g/mol. The van der Waals surface area contributed by atoms with Crippen molar-refractivity contribution in [1.29, 1.82) is 0 Å². The zero-order valence-corrected chi connectivity index (χ0v) is 23.6. The lowest BCUT2D eigenvalue weighted by Gasteiger charge is -2.36. The number of piperidine rings is 1. The molecule has 0 bridgehead atoms. The summed E-state index contributed by atoms with van der Waals surface area (Å²) in [5, 5.41) is 6.34. The number of para-hydroxylation sites is 1. The molecule has 0 saturated carbocycles.